The van der Waals surface area contributed by atoms with Gasteiger partial charge in [0.2, 0.25) is 0 Å². The molecule has 1 heterocycles. The van der Waals surface area contributed by atoms with Gasteiger partial charge in [0, 0.05) is 37.9 Å². The van der Waals surface area contributed by atoms with E-state index in [2.05, 4.69) is 29.5 Å². The molecule has 6 heteroatoms. The third-order valence-corrected chi connectivity index (χ3v) is 5.92. The van der Waals surface area contributed by atoms with Crippen LogP contribution in [0.15, 0.2) is 11.2 Å². The van der Waals surface area contributed by atoms with Crippen LogP contribution in [0.25, 0.3) is 0 Å². The number of nitrogens with one attached hydrogen (secondary N) is 2. The quantitative estimate of drug-likeness (QED) is 0.528. The summed E-state index contributed by atoms with van der Waals surface area (Å²) < 4.78 is 5.32. The second-order valence-corrected chi connectivity index (χ2v) is 7.77. The van der Waals surface area contributed by atoms with Crippen LogP contribution in [0.3, 0.4) is 0 Å². The minimum atomic E-state index is 0.364. The molecule has 0 atom stereocenters. The van der Waals surface area contributed by atoms with E-state index >= 15 is 0 Å². The SMILES string of the molecule is CCNC(=NCc1ncc(CC)s1)NCC1(CCOC)CCCC1. The normalized spacial score (nSPS) is 17.2. The van der Waals surface area contributed by atoms with Crippen molar-refractivity contribution in [1.82, 2.24) is 15.6 Å². The first-order chi connectivity index (χ1) is 11.7. The molecule has 0 spiro atoms. The lowest BCUT2D eigenvalue weighted by molar-refractivity contribution is 0.138. The molecule has 1 fully saturated rings. The number of guanidine groups is 1. The van der Waals surface area contributed by atoms with Crippen LogP contribution in [0.1, 0.15) is 55.8 Å². The van der Waals surface area contributed by atoms with Gasteiger partial charge in [-0.3, -0.25) is 0 Å². The summed E-state index contributed by atoms with van der Waals surface area (Å²) in [6.07, 6.45) is 9.37. The van der Waals surface area contributed by atoms with Gasteiger partial charge in [0.1, 0.15) is 5.01 Å². The first kappa shape index (κ1) is 19.2. The Kier molecular flexibility index (Phi) is 7.99. The van der Waals surface area contributed by atoms with E-state index in [1.807, 2.05) is 6.20 Å². The first-order valence-electron chi connectivity index (χ1n) is 9.16. The summed E-state index contributed by atoms with van der Waals surface area (Å²) in [6, 6.07) is 0. The number of thiazole rings is 1. The van der Waals surface area contributed by atoms with Crippen LogP contribution in [0, 0.1) is 5.41 Å². The van der Waals surface area contributed by atoms with E-state index in [4.69, 9.17) is 9.73 Å². The smallest absolute Gasteiger partial charge is 0.191 e. The van der Waals surface area contributed by atoms with Gasteiger partial charge in [-0.25, -0.2) is 9.98 Å². The maximum Gasteiger partial charge on any atom is 0.191 e. The fourth-order valence-corrected chi connectivity index (χ4v) is 4.09. The number of methoxy groups -OCH3 is 1. The summed E-state index contributed by atoms with van der Waals surface area (Å²) in [5, 5.41) is 8.00. The molecule has 24 heavy (non-hydrogen) atoms. The maximum atomic E-state index is 5.32. The van der Waals surface area contributed by atoms with Crippen molar-refractivity contribution in [2.45, 2.75) is 58.9 Å². The van der Waals surface area contributed by atoms with Crippen LogP contribution in [-0.2, 0) is 17.7 Å². The predicted octanol–water partition coefficient (Wildman–Crippen LogP) is 3.36. The minimum absolute atomic E-state index is 0.364. The lowest BCUT2D eigenvalue weighted by Crippen LogP contribution is -2.43. The van der Waals surface area contributed by atoms with Crippen molar-refractivity contribution < 1.29 is 4.74 Å². The van der Waals surface area contributed by atoms with Gasteiger partial charge in [-0.05, 0) is 38.0 Å². The van der Waals surface area contributed by atoms with Gasteiger partial charge >= 0.3 is 0 Å². The molecule has 2 N–H and O–H groups in total. The Morgan fingerprint density at radius 1 is 1.33 bits per heavy atom. The molecular formula is C18H32N4OS. The zero-order valence-corrected chi connectivity index (χ0v) is 16.2. The second kappa shape index (κ2) is 9.99. The Labute approximate surface area is 150 Å². The average Bonchev–Trinajstić information content (AvgIpc) is 3.25. The fraction of sp³-hybridized carbons (Fsp3) is 0.778. The lowest BCUT2D eigenvalue weighted by atomic mass is 9.83. The molecule has 2 rings (SSSR count). The monoisotopic (exact) mass is 352 g/mol. The molecule has 0 bridgehead atoms. The van der Waals surface area contributed by atoms with Gasteiger partial charge in [-0.1, -0.05) is 19.8 Å². The molecule has 0 aromatic carbocycles. The van der Waals surface area contributed by atoms with Crippen LogP contribution in [0.4, 0.5) is 0 Å². The summed E-state index contributed by atoms with van der Waals surface area (Å²) >= 11 is 1.76. The Morgan fingerprint density at radius 3 is 2.75 bits per heavy atom. The lowest BCUT2D eigenvalue weighted by Gasteiger charge is -2.29. The van der Waals surface area contributed by atoms with Crippen LogP contribution >= 0.6 is 11.3 Å². The Morgan fingerprint density at radius 2 is 2.12 bits per heavy atom. The molecule has 1 aliphatic carbocycles. The van der Waals surface area contributed by atoms with E-state index in [0.717, 1.165) is 43.5 Å². The van der Waals surface area contributed by atoms with E-state index in [1.165, 1.54) is 30.6 Å². The van der Waals surface area contributed by atoms with Crippen molar-refractivity contribution in [2.75, 3.05) is 26.8 Å². The number of nitrogens with zero attached hydrogens (tertiary/aromatic N) is 2. The molecule has 0 amide bonds. The third-order valence-electron chi connectivity index (χ3n) is 4.80. The number of aryl methyl sites for hydroxylation is 1. The van der Waals surface area contributed by atoms with Crippen LogP contribution in [0.2, 0.25) is 0 Å². The summed E-state index contributed by atoms with van der Waals surface area (Å²) in [5.41, 5.74) is 0.364. The number of aromatic nitrogens is 1. The van der Waals surface area contributed by atoms with Gasteiger partial charge in [-0.15, -0.1) is 11.3 Å². The molecule has 0 unspecified atom stereocenters. The molecule has 1 aromatic rings. The number of aliphatic imine (C=N–C) groups is 1. The highest BCUT2D eigenvalue weighted by Gasteiger charge is 2.33. The van der Waals surface area contributed by atoms with Gasteiger partial charge in [0.05, 0.1) is 6.54 Å². The highest BCUT2D eigenvalue weighted by molar-refractivity contribution is 7.11. The zero-order chi connectivity index (χ0) is 17.3. The molecule has 1 saturated carbocycles. The van der Waals surface area contributed by atoms with Crippen molar-refractivity contribution in [3.63, 3.8) is 0 Å². The number of hydrogen-bond acceptors (Lipinski definition) is 4. The second-order valence-electron chi connectivity index (χ2n) is 6.57. The van der Waals surface area contributed by atoms with E-state index in [1.54, 1.807) is 18.4 Å². The Hall–Kier alpha value is -1.14. The molecular weight excluding hydrogens is 320 g/mol. The van der Waals surface area contributed by atoms with Crippen molar-refractivity contribution in [3.8, 4) is 0 Å². The van der Waals surface area contributed by atoms with Crippen LogP contribution in [-0.4, -0.2) is 37.7 Å². The predicted molar refractivity (Wildman–Crippen MR) is 102 cm³/mol. The fourth-order valence-electron chi connectivity index (χ4n) is 3.30. The van der Waals surface area contributed by atoms with Gasteiger partial charge in [0.25, 0.3) is 0 Å². The van der Waals surface area contributed by atoms with Gasteiger partial charge in [-0.2, -0.15) is 0 Å². The van der Waals surface area contributed by atoms with E-state index in [-0.39, 0.29) is 0 Å². The molecule has 136 valence electrons. The minimum Gasteiger partial charge on any atom is -0.385 e. The summed E-state index contributed by atoms with van der Waals surface area (Å²) in [4.78, 5) is 10.5. The number of rotatable bonds is 9. The summed E-state index contributed by atoms with van der Waals surface area (Å²) in [7, 11) is 1.79. The average molecular weight is 353 g/mol. The topological polar surface area (TPSA) is 58.5 Å². The largest absolute Gasteiger partial charge is 0.385 e. The molecule has 5 nitrogen and oxygen atoms in total. The van der Waals surface area contributed by atoms with Crippen LogP contribution in [0.5, 0.6) is 0 Å². The van der Waals surface area contributed by atoms with Gasteiger partial charge in [0.15, 0.2) is 5.96 Å². The molecule has 1 aliphatic rings. The van der Waals surface area contributed by atoms with Crippen molar-refractivity contribution in [2.24, 2.45) is 10.4 Å². The first-order valence-corrected chi connectivity index (χ1v) is 9.97. The summed E-state index contributed by atoms with van der Waals surface area (Å²) in [6.45, 7) is 7.59. The maximum absolute atomic E-state index is 5.32. The molecule has 0 saturated heterocycles. The van der Waals surface area contributed by atoms with E-state index in [9.17, 15) is 0 Å². The summed E-state index contributed by atoms with van der Waals surface area (Å²) in [5.74, 6) is 0.898. The van der Waals surface area contributed by atoms with Gasteiger partial charge < -0.3 is 15.4 Å². The molecule has 1 aromatic heterocycles. The van der Waals surface area contributed by atoms with E-state index < -0.39 is 0 Å². The third kappa shape index (κ3) is 5.74. The zero-order valence-electron chi connectivity index (χ0n) is 15.4. The van der Waals surface area contributed by atoms with Crippen molar-refractivity contribution in [3.05, 3.63) is 16.1 Å². The number of ether oxygens (including phenoxy) is 1. The Bertz CT molecular complexity index is 509. The number of hydrogen-bond donors (Lipinski definition) is 2. The highest BCUT2D eigenvalue weighted by atomic mass is 32.1. The van der Waals surface area contributed by atoms with Crippen LogP contribution < -0.4 is 10.6 Å². The Balaban J connectivity index is 1.92. The van der Waals surface area contributed by atoms with Crippen molar-refractivity contribution in [1.29, 1.82) is 0 Å². The van der Waals surface area contributed by atoms with E-state index in [0.29, 0.717) is 12.0 Å². The molecule has 0 aliphatic heterocycles. The van der Waals surface area contributed by atoms with Crippen molar-refractivity contribution >= 4 is 17.3 Å². The highest BCUT2D eigenvalue weighted by Crippen LogP contribution is 2.40. The standard InChI is InChI=1S/C18H32N4OS/c1-4-15-12-20-16(24-15)13-21-17(19-5-2)22-14-18(10-11-23-3)8-6-7-9-18/h12H,4-11,13-14H2,1-3H3,(H2,19,21,22). The molecule has 0 radical (unpaired) electrons.